The molecule has 0 atom stereocenters. The van der Waals surface area contributed by atoms with Crippen molar-refractivity contribution in [2.24, 2.45) is 0 Å². The molecule has 4 rings (SSSR count). The summed E-state index contributed by atoms with van der Waals surface area (Å²) >= 11 is 0. The van der Waals surface area contributed by atoms with Gasteiger partial charge >= 0.3 is 0 Å². The number of halogens is 5. The Hall–Kier alpha value is -3.91. The zero-order chi connectivity index (χ0) is 24.2. The fourth-order valence-electron chi connectivity index (χ4n) is 3.71. The summed E-state index contributed by atoms with van der Waals surface area (Å²) in [6.07, 6.45) is 5.10. The van der Waals surface area contributed by atoms with Crippen LogP contribution in [0.2, 0.25) is 0 Å². The molecular weight excluding hydrogens is 443 g/mol. The first kappa shape index (κ1) is 23.3. The molecule has 0 aliphatic carbocycles. The summed E-state index contributed by atoms with van der Waals surface area (Å²) in [5.41, 5.74) is 1.95. The molecule has 0 aliphatic heterocycles. The van der Waals surface area contributed by atoms with E-state index in [0.29, 0.717) is 35.1 Å². The molecule has 0 aliphatic rings. The number of hydrogen-bond donors (Lipinski definition) is 0. The van der Waals surface area contributed by atoms with Crippen molar-refractivity contribution >= 4 is 10.8 Å². The Morgan fingerprint density at radius 3 is 2.03 bits per heavy atom. The van der Waals surface area contributed by atoms with E-state index < -0.39 is 29.1 Å². The van der Waals surface area contributed by atoms with Crippen molar-refractivity contribution in [3.8, 4) is 23.0 Å². The second-order valence-electron chi connectivity index (χ2n) is 7.79. The first-order valence-corrected chi connectivity index (χ1v) is 10.7. The van der Waals surface area contributed by atoms with Gasteiger partial charge in [0.25, 0.3) is 0 Å². The Balaban J connectivity index is 1.57. The van der Waals surface area contributed by atoms with E-state index in [4.69, 9.17) is 0 Å². The summed E-state index contributed by atoms with van der Waals surface area (Å²) in [4.78, 5) is 0. The molecule has 0 heterocycles. The molecule has 0 aromatic heterocycles. The third kappa shape index (κ3) is 4.87. The Bertz CT molecular complexity index is 1430. The largest absolute Gasteiger partial charge is 0.206 e. The molecule has 34 heavy (non-hydrogen) atoms. The molecule has 0 nitrogen and oxygen atoms in total. The van der Waals surface area contributed by atoms with Crippen LogP contribution < -0.4 is 0 Å². The summed E-state index contributed by atoms with van der Waals surface area (Å²) in [6.45, 7) is 1.89. The van der Waals surface area contributed by atoms with Crippen LogP contribution in [0.25, 0.3) is 21.9 Å². The maximum atomic E-state index is 14.6. The van der Waals surface area contributed by atoms with E-state index in [0.717, 1.165) is 6.07 Å². The lowest BCUT2D eigenvalue weighted by atomic mass is 9.99. The highest BCUT2D eigenvalue weighted by Gasteiger charge is 2.14. The molecule has 0 amide bonds. The SMILES string of the molecule is C/C=C/CCc1cc(F)c(-c2ccc(C#Cc3ccc4c(F)c(F)c(F)cc4c3)cc2)c(F)c1. The summed E-state index contributed by atoms with van der Waals surface area (Å²) in [5.74, 6) is 0.518. The van der Waals surface area contributed by atoms with Crippen molar-refractivity contribution in [1.82, 2.24) is 0 Å². The molecule has 0 unspecified atom stereocenters. The molecule has 0 radical (unpaired) electrons. The van der Waals surface area contributed by atoms with E-state index >= 15 is 0 Å². The van der Waals surface area contributed by atoms with Gasteiger partial charge in [-0.25, -0.2) is 22.0 Å². The van der Waals surface area contributed by atoms with Crippen molar-refractivity contribution in [3.63, 3.8) is 0 Å². The number of fused-ring (bicyclic) bond motifs is 1. The number of aryl methyl sites for hydroxylation is 1. The fourth-order valence-corrected chi connectivity index (χ4v) is 3.71. The van der Waals surface area contributed by atoms with Crippen molar-refractivity contribution in [2.75, 3.05) is 0 Å². The van der Waals surface area contributed by atoms with E-state index in [2.05, 4.69) is 11.8 Å². The van der Waals surface area contributed by atoms with Gasteiger partial charge in [0.15, 0.2) is 17.5 Å². The van der Waals surface area contributed by atoms with Crippen LogP contribution in [0.3, 0.4) is 0 Å². The van der Waals surface area contributed by atoms with Crippen molar-refractivity contribution in [1.29, 1.82) is 0 Å². The van der Waals surface area contributed by atoms with Gasteiger partial charge in [-0.3, -0.25) is 0 Å². The molecular formula is C29H19F5. The first-order valence-electron chi connectivity index (χ1n) is 10.7. The standard InChI is InChI=1S/C29H19F5/c1-2-3-4-5-20-15-24(30)27(25(31)16-20)21-11-8-18(9-12-21)6-7-19-10-13-23-22(14-19)17-26(32)29(34)28(23)33/h2-3,8-17H,4-5H2,1H3/b3-2+. The Labute approximate surface area is 194 Å². The van der Waals surface area contributed by atoms with E-state index in [9.17, 15) is 22.0 Å². The predicted octanol–water partition coefficient (Wildman–Crippen LogP) is 8.11. The second kappa shape index (κ2) is 9.93. The van der Waals surface area contributed by atoms with Gasteiger partial charge in [0.1, 0.15) is 11.6 Å². The lowest BCUT2D eigenvalue weighted by molar-refractivity contribution is 0.453. The van der Waals surface area contributed by atoms with Gasteiger partial charge < -0.3 is 0 Å². The number of allylic oxidation sites excluding steroid dienone is 2. The average molecular weight is 462 g/mol. The molecule has 0 saturated carbocycles. The minimum absolute atomic E-state index is 0.0364. The minimum Gasteiger partial charge on any atom is -0.206 e. The number of rotatable bonds is 4. The van der Waals surface area contributed by atoms with Crippen LogP contribution in [0.1, 0.15) is 30.0 Å². The lowest BCUT2D eigenvalue weighted by Crippen LogP contribution is -1.95. The summed E-state index contributed by atoms with van der Waals surface area (Å²) < 4.78 is 70.0. The smallest absolute Gasteiger partial charge is 0.195 e. The molecule has 170 valence electrons. The van der Waals surface area contributed by atoms with E-state index in [-0.39, 0.29) is 16.3 Å². The third-order valence-corrected chi connectivity index (χ3v) is 5.43. The second-order valence-corrected chi connectivity index (χ2v) is 7.79. The van der Waals surface area contributed by atoms with Crippen LogP contribution in [0.5, 0.6) is 0 Å². The highest BCUT2D eigenvalue weighted by molar-refractivity contribution is 5.84. The molecule has 0 saturated heterocycles. The Morgan fingerprint density at radius 2 is 1.35 bits per heavy atom. The van der Waals surface area contributed by atoms with Gasteiger partial charge in [0.05, 0.1) is 5.56 Å². The van der Waals surface area contributed by atoms with Crippen LogP contribution in [0.15, 0.2) is 72.8 Å². The van der Waals surface area contributed by atoms with Gasteiger partial charge in [-0.2, -0.15) is 0 Å². The molecule has 5 heteroatoms. The summed E-state index contributed by atoms with van der Waals surface area (Å²) in [6, 6.07) is 14.4. The van der Waals surface area contributed by atoms with Gasteiger partial charge in [-0.15, -0.1) is 0 Å². The normalized spacial score (nSPS) is 11.1. The van der Waals surface area contributed by atoms with Gasteiger partial charge in [0.2, 0.25) is 0 Å². The summed E-state index contributed by atoms with van der Waals surface area (Å²) in [7, 11) is 0. The van der Waals surface area contributed by atoms with Crippen molar-refractivity contribution in [3.05, 3.63) is 119 Å². The Kier molecular flexibility index (Phi) is 6.79. The fraction of sp³-hybridized carbons (Fsp3) is 0.103. The van der Waals surface area contributed by atoms with E-state index in [1.807, 2.05) is 19.1 Å². The molecule has 0 fully saturated rings. The minimum atomic E-state index is -1.51. The van der Waals surface area contributed by atoms with Crippen molar-refractivity contribution < 1.29 is 22.0 Å². The van der Waals surface area contributed by atoms with E-state index in [1.54, 1.807) is 24.3 Å². The van der Waals surface area contributed by atoms with E-state index in [1.165, 1.54) is 30.3 Å². The quantitative estimate of drug-likeness (QED) is 0.124. The molecule has 0 bridgehead atoms. The van der Waals surface area contributed by atoms with Crippen LogP contribution in [0.4, 0.5) is 22.0 Å². The maximum Gasteiger partial charge on any atom is 0.195 e. The third-order valence-electron chi connectivity index (χ3n) is 5.43. The summed E-state index contributed by atoms with van der Waals surface area (Å²) in [5, 5.41) is 0.157. The highest BCUT2D eigenvalue weighted by atomic mass is 19.2. The molecule has 4 aromatic rings. The van der Waals surface area contributed by atoms with Crippen LogP contribution in [-0.4, -0.2) is 0 Å². The number of benzene rings is 4. The topological polar surface area (TPSA) is 0 Å². The van der Waals surface area contributed by atoms with Crippen LogP contribution >= 0.6 is 0 Å². The molecule has 0 N–H and O–H groups in total. The van der Waals surface area contributed by atoms with Crippen molar-refractivity contribution in [2.45, 2.75) is 19.8 Å². The predicted molar refractivity (Wildman–Crippen MR) is 125 cm³/mol. The first-order chi connectivity index (χ1) is 16.4. The van der Waals surface area contributed by atoms with Crippen LogP contribution in [-0.2, 0) is 6.42 Å². The van der Waals surface area contributed by atoms with Gasteiger partial charge in [0, 0.05) is 16.5 Å². The lowest BCUT2D eigenvalue weighted by Gasteiger charge is -2.08. The molecule has 4 aromatic carbocycles. The highest BCUT2D eigenvalue weighted by Crippen LogP contribution is 2.28. The average Bonchev–Trinajstić information content (AvgIpc) is 2.82. The van der Waals surface area contributed by atoms with Gasteiger partial charge in [-0.1, -0.05) is 42.2 Å². The zero-order valence-electron chi connectivity index (χ0n) is 18.2. The Morgan fingerprint density at radius 1 is 0.706 bits per heavy atom. The van der Waals surface area contributed by atoms with Crippen LogP contribution in [0, 0.1) is 40.9 Å². The monoisotopic (exact) mass is 462 g/mol. The number of hydrogen-bond acceptors (Lipinski definition) is 0. The maximum absolute atomic E-state index is 14.6. The van der Waals surface area contributed by atoms with Gasteiger partial charge in [-0.05, 0) is 78.7 Å². The zero-order valence-corrected chi connectivity index (χ0v) is 18.2. The molecule has 0 spiro atoms.